The van der Waals surface area contributed by atoms with Gasteiger partial charge < -0.3 is 10.1 Å². The third-order valence-electron chi connectivity index (χ3n) is 2.98. The molecule has 2 rings (SSSR count). The molecule has 0 bridgehead atoms. The highest BCUT2D eigenvalue weighted by Crippen LogP contribution is 2.16. The van der Waals surface area contributed by atoms with Gasteiger partial charge in [-0.1, -0.05) is 22.0 Å². The number of pyridine rings is 1. The van der Waals surface area contributed by atoms with Crippen LogP contribution in [0.15, 0.2) is 52.0 Å². The number of aromatic nitrogens is 1. The first kappa shape index (κ1) is 18.4. The van der Waals surface area contributed by atoms with Crippen molar-refractivity contribution in [2.75, 3.05) is 19.0 Å². The number of anilines is 1. The highest BCUT2D eigenvalue weighted by atomic mass is 79.9. The van der Waals surface area contributed by atoms with Gasteiger partial charge in [-0.25, -0.2) is 18.1 Å². The van der Waals surface area contributed by atoms with E-state index in [1.54, 1.807) is 24.3 Å². The Bertz CT molecular complexity index is 810. The van der Waals surface area contributed by atoms with Crippen LogP contribution in [0.1, 0.15) is 6.42 Å². The predicted molar refractivity (Wildman–Crippen MR) is 93.4 cm³/mol. The van der Waals surface area contributed by atoms with Crippen LogP contribution in [0.4, 0.5) is 5.69 Å². The van der Waals surface area contributed by atoms with Crippen LogP contribution in [-0.4, -0.2) is 33.0 Å². The fourth-order valence-electron chi connectivity index (χ4n) is 1.81. The summed E-state index contributed by atoms with van der Waals surface area (Å²) in [5.41, 5.74) is 0.510. The lowest BCUT2D eigenvalue weighted by molar-refractivity contribution is -0.116. The van der Waals surface area contributed by atoms with Crippen molar-refractivity contribution in [3.05, 3.63) is 47.1 Å². The lowest BCUT2D eigenvalue weighted by atomic mass is 10.3. The third-order valence-corrected chi connectivity index (χ3v) is 4.93. The van der Waals surface area contributed by atoms with Gasteiger partial charge >= 0.3 is 0 Å². The molecule has 0 fully saturated rings. The van der Waals surface area contributed by atoms with E-state index in [-0.39, 0.29) is 23.8 Å². The molecule has 1 heterocycles. The third kappa shape index (κ3) is 5.29. The first-order valence-electron chi connectivity index (χ1n) is 6.96. The molecular weight excluding hydrogens is 398 g/mol. The van der Waals surface area contributed by atoms with Crippen molar-refractivity contribution in [1.29, 1.82) is 0 Å². The molecule has 0 spiro atoms. The molecule has 0 aliphatic heterocycles. The van der Waals surface area contributed by atoms with E-state index in [2.05, 4.69) is 31.0 Å². The minimum Gasteiger partial charge on any atom is -0.481 e. The number of ether oxygens (including phenoxy) is 1. The predicted octanol–water partition coefficient (Wildman–Crippen LogP) is 2.16. The highest BCUT2D eigenvalue weighted by Gasteiger charge is 2.14. The van der Waals surface area contributed by atoms with E-state index < -0.39 is 10.0 Å². The van der Waals surface area contributed by atoms with Gasteiger partial charge in [-0.3, -0.25) is 4.79 Å². The molecule has 1 aromatic carbocycles. The quantitative estimate of drug-likeness (QED) is 0.724. The van der Waals surface area contributed by atoms with Crippen molar-refractivity contribution < 1.29 is 17.9 Å². The molecule has 2 aromatic rings. The molecule has 0 atom stereocenters. The van der Waals surface area contributed by atoms with Crippen LogP contribution in [0.2, 0.25) is 0 Å². The van der Waals surface area contributed by atoms with Crippen LogP contribution >= 0.6 is 15.9 Å². The lowest BCUT2D eigenvalue weighted by Crippen LogP contribution is -2.27. The first-order chi connectivity index (χ1) is 11.4. The number of amides is 1. The Morgan fingerprint density at radius 2 is 2.08 bits per heavy atom. The van der Waals surface area contributed by atoms with Gasteiger partial charge in [0.2, 0.25) is 21.8 Å². The number of hydrogen-bond acceptors (Lipinski definition) is 5. The van der Waals surface area contributed by atoms with Crippen LogP contribution in [0, 0.1) is 0 Å². The minimum atomic E-state index is -3.65. The zero-order valence-electron chi connectivity index (χ0n) is 12.8. The Morgan fingerprint density at radius 1 is 1.29 bits per heavy atom. The van der Waals surface area contributed by atoms with Crippen molar-refractivity contribution in [2.24, 2.45) is 0 Å². The van der Waals surface area contributed by atoms with E-state index in [0.29, 0.717) is 16.0 Å². The van der Waals surface area contributed by atoms with Crippen LogP contribution in [0.25, 0.3) is 0 Å². The van der Waals surface area contributed by atoms with Crippen molar-refractivity contribution in [1.82, 2.24) is 9.71 Å². The van der Waals surface area contributed by atoms with Gasteiger partial charge in [0.1, 0.15) is 0 Å². The van der Waals surface area contributed by atoms with E-state index in [1.807, 2.05) is 0 Å². The summed E-state index contributed by atoms with van der Waals surface area (Å²) in [5, 5.41) is 2.63. The maximum atomic E-state index is 12.1. The maximum absolute atomic E-state index is 12.1. The number of carbonyl (C=O) groups is 1. The lowest BCUT2D eigenvalue weighted by Gasteiger charge is -2.08. The van der Waals surface area contributed by atoms with E-state index in [4.69, 9.17) is 4.74 Å². The molecule has 9 heteroatoms. The Morgan fingerprint density at radius 3 is 2.71 bits per heavy atom. The average molecular weight is 414 g/mol. The summed E-state index contributed by atoms with van der Waals surface area (Å²) in [5.74, 6) is 0.119. The smallest absolute Gasteiger partial charge is 0.240 e. The van der Waals surface area contributed by atoms with E-state index in [9.17, 15) is 13.2 Å². The van der Waals surface area contributed by atoms with Crippen LogP contribution in [0.5, 0.6) is 5.88 Å². The summed E-state index contributed by atoms with van der Waals surface area (Å²) in [6.45, 7) is -0.00966. The normalized spacial score (nSPS) is 11.1. The molecular formula is C15H16BrN3O4S. The van der Waals surface area contributed by atoms with E-state index in [0.717, 1.165) is 0 Å². The summed E-state index contributed by atoms with van der Waals surface area (Å²) in [7, 11) is -2.15. The molecule has 0 saturated carbocycles. The first-order valence-corrected chi connectivity index (χ1v) is 9.23. The van der Waals surface area contributed by atoms with Crippen LogP contribution < -0.4 is 14.8 Å². The van der Waals surface area contributed by atoms with Crippen molar-refractivity contribution in [2.45, 2.75) is 11.3 Å². The number of sulfonamides is 1. The zero-order chi connectivity index (χ0) is 17.6. The number of halogens is 1. The molecule has 1 aromatic heterocycles. The molecule has 1 amide bonds. The van der Waals surface area contributed by atoms with Gasteiger partial charge in [-0.05, 0) is 24.3 Å². The second kappa shape index (κ2) is 8.22. The number of nitrogens with one attached hydrogen (secondary N) is 2. The fraction of sp³-hybridized carbons (Fsp3) is 0.200. The number of methoxy groups -OCH3 is 1. The Labute approximate surface area is 148 Å². The van der Waals surface area contributed by atoms with Gasteiger partial charge in [-0.2, -0.15) is 0 Å². The van der Waals surface area contributed by atoms with Crippen LogP contribution in [0.3, 0.4) is 0 Å². The van der Waals surface area contributed by atoms with E-state index >= 15 is 0 Å². The second-order valence-electron chi connectivity index (χ2n) is 4.74. The molecule has 0 saturated heterocycles. The summed E-state index contributed by atoms with van der Waals surface area (Å²) < 4.78 is 32.2. The Hall–Kier alpha value is -1.97. The SMILES string of the molecule is COc1ccc(NC(=O)CCNS(=O)(=O)c2cccc(Br)c2)cn1. The number of hydrogen-bond donors (Lipinski definition) is 2. The summed E-state index contributed by atoms with van der Waals surface area (Å²) >= 11 is 3.22. The molecule has 0 radical (unpaired) electrons. The Kier molecular flexibility index (Phi) is 6.29. The molecule has 0 unspecified atom stereocenters. The van der Waals surface area contributed by atoms with Gasteiger partial charge in [0, 0.05) is 23.5 Å². The molecule has 24 heavy (non-hydrogen) atoms. The number of benzene rings is 1. The van der Waals surface area contributed by atoms with Crippen molar-refractivity contribution in [3.63, 3.8) is 0 Å². The van der Waals surface area contributed by atoms with Crippen molar-refractivity contribution in [3.8, 4) is 5.88 Å². The summed E-state index contributed by atoms with van der Waals surface area (Å²) in [4.78, 5) is 15.9. The van der Waals surface area contributed by atoms with Crippen molar-refractivity contribution >= 4 is 37.5 Å². The molecule has 0 aliphatic rings. The fourth-order valence-corrected chi connectivity index (χ4v) is 3.44. The van der Waals surface area contributed by atoms with Crippen LogP contribution in [-0.2, 0) is 14.8 Å². The number of nitrogens with zero attached hydrogens (tertiary/aromatic N) is 1. The largest absolute Gasteiger partial charge is 0.481 e. The standard InChI is InChI=1S/C15H16BrN3O4S/c1-23-15-6-5-12(10-17-15)19-14(20)7-8-18-24(21,22)13-4-2-3-11(16)9-13/h2-6,9-10,18H,7-8H2,1H3,(H,19,20). The summed E-state index contributed by atoms with van der Waals surface area (Å²) in [6.07, 6.45) is 1.46. The molecule has 128 valence electrons. The average Bonchev–Trinajstić information content (AvgIpc) is 2.55. The topological polar surface area (TPSA) is 97.4 Å². The van der Waals surface area contributed by atoms with Gasteiger partial charge in [0.25, 0.3) is 0 Å². The minimum absolute atomic E-state index is 0.000732. The van der Waals surface area contributed by atoms with E-state index in [1.165, 1.54) is 25.4 Å². The second-order valence-corrected chi connectivity index (χ2v) is 7.43. The Balaban J connectivity index is 1.85. The number of rotatable bonds is 7. The highest BCUT2D eigenvalue weighted by molar-refractivity contribution is 9.10. The van der Waals surface area contributed by atoms with Gasteiger partial charge in [0.05, 0.1) is 23.9 Å². The van der Waals surface area contributed by atoms with Gasteiger partial charge in [-0.15, -0.1) is 0 Å². The zero-order valence-corrected chi connectivity index (χ0v) is 15.2. The maximum Gasteiger partial charge on any atom is 0.240 e. The molecule has 0 aliphatic carbocycles. The summed E-state index contributed by atoms with van der Waals surface area (Å²) in [6, 6.07) is 9.60. The monoisotopic (exact) mass is 413 g/mol. The molecule has 7 nitrogen and oxygen atoms in total. The molecule has 2 N–H and O–H groups in total. The van der Waals surface area contributed by atoms with Gasteiger partial charge in [0.15, 0.2) is 0 Å². The number of carbonyl (C=O) groups excluding carboxylic acids is 1.